The Balaban J connectivity index is 0.00000261. The molecular formula is C19H24ClNO6. The van der Waals surface area contributed by atoms with E-state index >= 15 is 0 Å². The van der Waals surface area contributed by atoms with Crippen LogP contribution in [0, 0.1) is 10.8 Å². The van der Waals surface area contributed by atoms with Crippen LogP contribution in [0.2, 0.25) is 0 Å². The van der Waals surface area contributed by atoms with Gasteiger partial charge < -0.3 is 20.3 Å². The minimum absolute atomic E-state index is 0. The van der Waals surface area contributed by atoms with Crippen LogP contribution in [0.15, 0.2) is 18.2 Å². The molecule has 0 heterocycles. The minimum atomic E-state index is -1.12. The second-order valence-corrected chi connectivity index (χ2v) is 7.83. The van der Waals surface area contributed by atoms with Crippen molar-refractivity contribution in [2.75, 3.05) is 0 Å². The van der Waals surface area contributed by atoms with Crippen molar-refractivity contribution in [2.24, 2.45) is 16.6 Å². The number of aliphatic carboxylic acids is 1. The van der Waals surface area contributed by atoms with Crippen molar-refractivity contribution in [3.63, 3.8) is 0 Å². The van der Waals surface area contributed by atoms with Gasteiger partial charge in [-0.3, -0.25) is 14.4 Å². The average molecular weight is 398 g/mol. The number of ether oxygens (including phenoxy) is 2. The highest BCUT2D eigenvalue weighted by Crippen LogP contribution is 2.48. The van der Waals surface area contributed by atoms with E-state index in [2.05, 4.69) is 0 Å². The number of nitrogens with two attached hydrogens (primary N) is 1. The number of rotatable bonds is 7. The lowest BCUT2D eigenvalue weighted by atomic mass is 10.1. The monoisotopic (exact) mass is 397 g/mol. The third-order valence-electron chi connectivity index (χ3n) is 5.17. The quantitative estimate of drug-likeness (QED) is 0.536. The Bertz CT molecular complexity index is 769. The molecule has 2 saturated carbocycles. The Morgan fingerprint density at radius 3 is 1.96 bits per heavy atom. The van der Waals surface area contributed by atoms with E-state index in [-0.39, 0.29) is 42.3 Å². The van der Waals surface area contributed by atoms with Gasteiger partial charge in [0.25, 0.3) is 0 Å². The zero-order chi connectivity index (χ0) is 19.1. The van der Waals surface area contributed by atoms with E-state index in [1.54, 1.807) is 6.07 Å². The summed E-state index contributed by atoms with van der Waals surface area (Å²) in [5.41, 5.74) is 5.17. The lowest BCUT2D eigenvalue weighted by Crippen LogP contribution is -2.32. The molecule has 0 spiro atoms. The van der Waals surface area contributed by atoms with E-state index < -0.39 is 22.8 Å². The highest BCUT2D eigenvalue weighted by atomic mass is 35.5. The van der Waals surface area contributed by atoms with Crippen molar-refractivity contribution < 1.29 is 29.0 Å². The molecule has 1 atom stereocenters. The summed E-state index contributed by atoms with van der Waals surface area (Å²) in [6.07, 6.45) is 3.11. The van der Waals surface area contributed by atoms with Crippen LogP contribution in [0.5, 0.6) is 11.5 Å². The highest BCUT2D eigenvalue weighted by Gasteiger charge is 2.48. The molecule has 3 N–H and O–H groups in total. The molecule has 0 aromatic heterocycles. The molecule has 0 amide bonds. The number of esters is 2. The van der Waals surface area contributed by atoms with Crippen molar-refractivity contribution >= 4 is 30.3 Å². The maximum absolute atomic E-state index is 12.3. The zero-order valence-electron chi connectivity index (χ0n) is 15.3. The van der Waals surface area contributed by atoms with Crippen molar-refractivity contribution in [1.82, 2.24) is 0 Å². The van der Waals surface area contributed by atoms with Gasteiger partial charge in [-0.25, -0.2) is 0 Å². The molecule has 8 heteroatoms. The molecule has 2 aliphatic rings. The maximum atomic E-state index is 12.3. The highest BCUT2D eigenvalue weighted by molar-refractivity contribution is 5.85. The van der Waals surface area contributed by atoms with Gasteiger partial charge in [0.2, 0.25) is 0 Å². The summed E-state index contributed by atoms with van der Waals surface area (Å²) in [5, 5.41) is 8.96. The fourth-order valence-corrected chi connectivity index (χ4v) is 2.41. The topological polar surface area (TPSA) is 116 Å². The first kappa shape index (κ1) is 21.2. The standard InChI is InChI=1S/C19H23NO6.ClH/c1-18(5-6-18)16(23)25-13-4-3-11(9-12(20)15(21)22)10-14(13)26-17(24)19(2)7-8-19;/h3-4,10,12H,5-9,20H2,1-2H3,(H,21,22);1H/t12-;/m0./s1. The molecule has 2 aliphatic carbocycles. The van der Waals surface area contributed by atoms with Gasteiger partial charge >= 0.3 is 17.9 Å². The van der Waals surface area contributed by atoms with E-state index in [9.17, 15) is 14.4 Å². The van der Waals surface area contributed by atoms with Crippen LogP contribution >= 0.6 is 12.4 Å². The molecule has 0 aliphatic heterocycles. The fourth-order valence-electron chi connectivity index (χ4n) is 2.41. The van der Waals surface area contributed by atoms with E-state index in [0.29, 0.717) is 5.56 Å². The van der Waals surface area contributed by atoms with Crippen molar-refractivity contribution in [3.8, 4) is 11.5 Å². The smallest absolute Gasteiger partial charge is 0.320 e. The minimum Gasteiger partial charge on any atom is -0.480 e. The molecule has 2 fully saturated rings. The number of halogens is 1. The van der Waals surface area contributed by atoms with Gasteiger partial charge in [-0.15, -0.1) is 12.4 Å². The molecule has 0 bridgehead atoms. The van der Waals surface area contributed by atoms with E-state index in [1.807, 2.05) is 13.8 Å². The Morgan fingerprint density at radius 2 is 1.52 bits per heavy atom. The number of carboxylic acids is 1. The number of carboxylic acid groups (broad SMARTS) is 1. The largest absolute Gasteiger partial charge is 0.480 e. The Morgan fingerprint density at radius 1 is 1.04 bits per heavy atom. The van der Waals surface area contributed by atoms with Gasteiger partial charge in [0.1, 0.15) is 6.04 Å². The summed E-state index contributed by atoms with van der Waals surface area (Å²) in [6, 6.07) is 3.59. The van der Waals surface area contributed by atoms with Gasteiger partial charge in [-0.1, -0.05) is 6.07 Å². The van der Waals surface area contributed by atoms with Crippen molar-refractivity contribution in [3.05, 3.63) is 23.8 Å². The van der Waals surface area contributed by atoms with Gasteiger partial charge in [-0.2, -0.15) is 0 Å². The molecule has 3 rings (SSSR count). The predicted octanol–water partition coefficient (Wildman–Crippen LogP) is 2.47. The molecule has 1 aromatic carbocycles. The maximum Gasteiger partial charge on any atom is 0.320 e. The Kier molecular flexibility index (Phi) is 5.87. The second-order valence-electron chi connectivity index (χ2n) is 7.83. The molecule has 148 valence electrons. The normalized spacial score (nSPS) is 19.2. The molecule has 7 nitrogen and oxygen atoms in total. The lowest BCUT2D eigenvalue weighted by molar-refractivity contribution is -0.142. The van der Waals surface area contributed by atoms with Crippen LogP contribution < -0.4 is 15.2 Å². The first-order chi connectivity index (χ1) is 12.1. The van der Waals surface area contributed by atoms with Gasteiger partial charge in [-0.05, 0) is 63.6 Å². The summed E-state index contributed by atoms with van der Waals surface area (Å²) in [7, 11) is 0. The molecule has 1 aromatic rings. The predicted molar refractivity (Wildman–Crippen MR) is 99.0 cm³/mol. The van der Waals surface area contributed by atoms with Crippen molar-refractivity contribution in [2.45, 2.75) is 52.0 Å². The van der Waals surface area contributed by atoms with E-state index in [0.717, 1.165) is 25.7 Å². The van der Waals surface area contributed by atoms with Crippen LogP contribution in [0.1, 0.15) is 45.1 Å². The van der Waals surface area contributed by atoms with Crippen LogP contribution in [-0.4, -0.2) is 29.1 Å². The van der Waals surface area contributed by atoms with E-state index in [4.69, 9.17) is 20.3 Å². The average Bonchev–Trinajstić information content (AvgIpc) is 3.49. The summed E-state index contributed by atoms with van der Waals surface area (Å²) in [6.45, 7) is 3.64. The third-order valence-corrected chi connectivity index (χ3v) is 5.17. The zero-order valence-corrected chi connectivity index (χ0v) is 16.1. The Labute approximate surface area is 163 Å². The lowest BCUT2D eigenvalue weighted by Gasteiger charge is -2.16. The molecule has 0 unspecified atom stereocenters. The third kappa shape index (κ3) is 4.78. The number of carbonyl (C=O) groups excluding carboxylic acids is 2. The first-order valence-electron chi connectivity index (χ1n) is 8.69. The first-order valence-corrected chi connectivity index (χ1v) is 8.69. The molecular weight excluding hydrogens is 374 g/mol. The molecule has 27 heavy (non-hydrogen) atoms. The van der Waals surface area contributed by atoms with E-state index in [1.165, 1.54) is 12.1 Å². The number of carbonyl (C=O) groups is 3. The van der Waals surface area contributed by atoms with Gasteiger partial charge in [0.05, 0.1) is 10.8 Å². The number of hydrogen-bond acceptors (Lipinski definition) is 6. The number of benzene rings is 1. The molecule has 0 radical (unpaired) electrons. The SMILES string of the molecule is CC1(C(=O)Oc2ccc(C[C@H](N)C(=O)O)cc2OC(=O)C2(C)CC2)CC1.Cl. The summed E-state index contributed by atoms with van der Waals surface area (Å²) >= 11 is 0. The van der Waals surface area contributed by atoms with Crippen molar-refractivity contribution in [1.29, 1.82) is 0 Å². The van der Waals surface area contributed by atoms with Gasteiger partial charge in [0, 0.05) is 0 Å². The van der Waals surface area contributed by atoms with Crippen LogP contribution in [-0.2, 0) is 20.8 Å². The fraction of sp³-hybridized carbons (Fsp3) is 0.526. The number of hydrogen-bond donors (Lipinski definition) is 2. The van der Waals surface area contributed by atoms with Gasteiger partial charge in [0.15, 0.2) is 11.5 Å². The molecule has 0 saturated heterocycles. The van der Waals surface area contributed by atoms with Crippen LogP contribution in [0.25, 0.3) is 0 Å². The second kappa shape index (κ2) is 7.48. The van der Waals surface area contributed by atoms with Crippen LogP contribution in [0.4, 0.5) is 0 Å². The summed E-state index contributed by atoms with van der Waals surface area (Å²) < 4.78 is 10.9. The Hall–Kier alpha value is -2.12. The van der Waals surface area contributed by atoms with Crippen LogP contribution in [0.3, 0.4) is 0 Å². The summed E-state index contributed by atoms with van der Waals surface area (Å²) in [5.74, 6) is -1.58. The summed E-state index contributed by atoms with van der Waals surface area (Å²) in [4.78, 5) is 35.5.